The van der Waals surface area contributed by atoms with E-state index in [1.54, 1.807) is 13.8 Å². The monoisotopic (exact) mass is 228 g/mol. The lowest BCUT2D eigenvalue weighted by atomic mass is 10.4. The van der Waals surface area contributed by atoms with E-state index in [-0.39, 0.29) is 19.2 Å². The van der Waals surface area contributed by atoms with Crippen molar-refractivity contribution in [3.8, 4) is 0 Å². The van der Waals surface area contributed by atoms with Crippen molar-refractivity contribution in [2.24, 2.45) is 0 Å². The lowest BCUT2D eigenvalue weighted by molar-refractivity contribution is -0.173. The molecule has 0 bridgehead atoms. The number of alkyl halides is 3. The molecule has 2 amide bonds. The van der Waals surface area contributed by atoms with E-state index in [1.165, 1.54) is 0 Å². The molecule has 0 heterocycles. The SMILES string of the molecule is CC(C)NC(=O)NCCOCC(F)(F)F. The lowest BCUT2D eigenvalue weighted by Crippen LogP contribution is -2.40. The number of hydrogen-bond donors (Lipinski definition) is 2. The lowest BCUT2D eigenvalue weighted by Gasteiger charge is -2.10. The highest BCUT2D eigenvalue weighted by Crippen LogP contribution is 2.13. The summed E-state index contributed by atoms with van der Waals surface area (Å²) in [7, 11) is 0. The molecule has 0 aliphatic rings. The molecule has 0 aliphatic carbocycles. The second kappa shape index (κ2) is 6.49. The van der Waals surface area contributed by atoms with Gasteiger partial charge in [0.2, 0.25) is 0 Å². The van der Waals surface area contributed by atoms with E-state index in [4.69, 9.17) is 0 Å². The zero-order valence-electron chi connectivity index (χ0n) is 8.65. The highest BCUT2D eigenvalue weighted by Gasteiger charge is 2.27. The van der Waals surface area contributed by atoms with Gasteiger partial charge in [0.15, 0.2) is 0 Å². The van der Waals surface area contributed by atoms with Crippen molar-refractivity contribution < 1.29 is 22.7 Å². The Kier molecular flexibility index (Phi) is 6.07. The first-order valence-corrected chi connectivity index (χ1v) is 4.50. The summed E-state index contributed by atoms with van der Waals surface area (Å²) in [6.45, 7) is 2.15. The number of halogens is 3. The number of ether oxygens (including phenoxy) is 1. The zero-order chi connectivity index (χ0) is 11.9. The smallest absolute Gasteiger partial charge is 0.370 e. The molecule has 15 heavy (non-hydrogen) atoms. The standard InChI is InChI=1S/C8H15F3N2O2/c1-6(2)13-7(14)12-3-4-15-5-8(9,10)11/h6H,3-5H2,1-2H3,(H2,12,13,14). The van der Waals surface area contributed by atoms with Gasteiger partial charge in [-0.1, -0.05) is 0 Å². The van der Waals surface area contributed by atoms with Gasteiger partial charge in [-0.15, -0.1) is 0 Å². The quantitative estimate of drug-likeness (QED) is 0.696. The van der Waals surface area contributed by atoms with Crippen LogP contribution in [-0.4, -0.2) is 38.0 Å². The Morgan fingerprint density at radius 1 is 1.40 bits per heavy atom. The third-order valence-electron chi connectivity index (χ3n) is 1.22. The van der Waals surface area contributed by atoms with Crippen LogP contribution in [0, 0.1) is 0 Å². The van der Waals surface area contributed by atoms with Gasteiger partial charge in [0.05, 0.1) is 6.61 Å². The van der Waals surface area contributed by atoms with Crippen molar-refractivity contribution in [1.82, 2.24) is 10.6 Å². The van der Waals surface area contributed by atoms with Crippen molar-refractivity contribution in [2.75, 3.05) is 19.8 Å². The van der Waals surface area contributed by atoms with E-state index in [0.29, 0.717) is 0 Å². The third-order valence-corrected chi connectivity index (χ3v) is 1.22. The molecule has 0 radical (unpaired) electrons. The van der Waals surface area contributed by atoms with Gasteiger partial charge >= 0.3 is 12.2 Å². The summed E-state index contributed by atoms with van der Waals surface area (Å²) in [6, 6.07) is -0.429. The van der Waals surface area contributed by atoms with Crippen molar-refractivity contribution in [2.45, 2.75) is 26.1 Å². The summed E-state index contributed by atoms with van der Waals surface area (Å²) in [5.74, 6) is 0. The Bertz CT molecular complexity index is 195. The first-order valence-electron chi connectivity index (χ1n) is 4.50. The second-order valence-electron chi connectivity index (χ2n) is 3.22. The first-order chi connectivity index (χ1) is 6.81. The molecule has 90 valence electrons. The maximum Gasteiger partial charge on any atom is 0.411 e. The van der Waals surface area contributed by atoms with Gasteiger partial charge in [0.25, 0.3) is 0 Å². The number of amides is 2. The highest BCUT2D eigenvalue weighted by molar-refractivity contribution is 5.73. The van der Waals surface area contributed by atoms with Crippen LogP contribution in [-0.2, 0) is 4.74 Å². The molecule has 0 spiro atoms. The molecule has 0 unspecified atom stereocenters. The Labute approximate surface area is 86.2 Å². The van der Waals surface area contributed by atoms with Crippen LogP contribution >= 0.6 is 0 Å². The van der Waals surface area contributed by atoms with Gasteiger partial charge in [-0.2, -0.15) is 13.2 Å². The number of carbonyl (C=O) groups is 1. The summed E-state index contributed by atoms with van der Waals surface area (Å²) < 4.78 is 39.1. The maximum atomic E-state index is 11.6. The van der Waals surface area contributed by atoms with Crippen LogP contribution in [0.3, 0.4) is 0 Å². The molecule has 0 saturated carbocycles. The number of urea groups is 1. The van der Waals surface area contributed by atoms with Crippen LogP contribution in [0.2, 0.25) is 0 Å². The van der Waals surface area contributed by atoms with Gasteiger partial charge in [0, 0.05) is 12.6 Å². The third kappa shape index (κ3) is 10.9. The van der Waals surface area contributed by atoms with E-state index < -0.39 is 18.8 Å². The van der Waals surface area contributed by atoms with Gasteiger partial charge in [-0.05, 0) is 13.8 Å². The summed E-state index contributed by atoms with van der Waals surface area (Å²) in [5, 5.41) is 4.88. The molecule has 4 nitrogen and oxygen atoms in total. The molecule has 0 saturated heterocycles. The van der Waals surface area contributed by atoms with Crippen LogP contribution in [0.15, 0.2) is 0 Å². The molecule has 7 heteroatoms. The van der Waals surface area contributed by atoms with Crippen molar-refractivity contribution in [3.63, 3.8) is 0 Å². The minimum Gasteiger partial charge on any atom is -0.370 e. The van der Waals surface area contributed by atoms with Gasteiger partial charge < -0.3 is 15.4 Å². The summed E-state index contributed by atoms with van der Waals surface area (Å²) in [6.07, 6.45) is -4.32. The normalized spacial score (nSPS) is 11.6. The Hall–Kier alpha value is -0.980. The van der Waals surface area contributed by atoms with Crippen LogP contribution in [0.5, 0.6) is 0 Å². The Morgan fingerprint density at radius 3 is 2.47 bits per heavy atom. The summed E-state index contributed by atoms with van der Waals surface area (Å²) in [5.41, 5.74) is 0. The fraction of sp³-hybridized carbons (Fsp3) is 0.875. The van der Waals surface area contributed by atoms with E-state index in [0.717, 1.165) is 0 Å². The number of rotatable bonds is 5. The summed E-state index contributed by atoms with van der Waals surface area (Å²) in [4.78, 5) is 10.9. The maximum absolute atomic E-state index is 11.6. The van der Waals surface area contributed by atoms with Gasteiger partial charge in [-0.25, -0.2) is 4.79 Å². The molecule has 0 aliphatic heterocycles. The Morgan fingerprint density at radius 2 is 2.00 bits per heavy atom. The van der Waals surface area contributed by atoms with E-state index in [1.807, 2.05) is 0 Å². The van der Waals surface area contributed by atoms with Crippen LogP contribution in [0.1, 0.15) is 13.8 Å². The Balaban J connectivity index is 3.35. The zero-order valence-corrected chi connectivity index (χ0v) is 8.65. The highest BCUT2D eigenvalue weighted by atomic mass is 19.4. The number of nitrogens with one attached hydrogen (secondary N) is 2. The van der Waals surface area contributed by atoms with E-state index in [9.17, 15) is 18.0 Å². The fourth-order valence-electron chi connectivity index (χ4n) is 0.738. The predicted octanol–water partition coefficient (Wildman–Crippen LogP) is 1.27. The number of carbonyl (C=O) groups excluding carboxylic acids is 1. The van der Waals surface area contributed by atoms with E-state index in [2.05, 4.69) is 15.4 Å². The first kappa shape index (κ1) is 14.0. The molecular weight excluding hydrogens is 213 g/mol. The average molecular weight is 228 g/mol. The minimum atomic E-state index is -4.32. The molecule has 0 atom stereocenters. The van der Waals surface area contributed by atoms with Crippen LogP contribution in [0.25, 0.3) is 0 Å². The molecule has 2 N–H and O–H groups in total. The van der Waals surface area contributed by atoms with Gasteiger partial charge in [-0.3, -0.25) is 0 Å². The van der Waals surface area contributed by atoms with Crippen molar-refractivity contribution in [1.29, 1.82) is 0 Å². The molecule has 0 aromatic rings. The minimum absolute atomic E-state index is 0.0129. The summed E-state index contributed by atoms with van der Waals surface area (Å²) >= 11 is 0. The number of hydrogen-bond acceptors (Lipinski definition) is 2. The largest absolute Gasteiger partial charge is 0.411 e. The second-order valence-corrected chi connectivity index (χ2v) is 3.22. The van der Waals surface area contributed by atoms with Crippen molar-refractivity contribution >= 4 is 6.03 Å². The van der Waals surface area contributed by atoms with Gasteiger partial charge in [0.1, 0.15) is 6.61 Å². The molecular formula is C8H15F3N2O2. The van der Waals surface area contributed by atoms with Crippen LogP contribution in [0.4, 0.5) is 18.0 Å². The average Bonchev–Trinajstić information content (AvgIpc) is 1.99. The molecule has 0 rings (SSSR count). The predicted molar refractivity (Wildman–Crippen MR) is 48.5 cm³/mol. The molecule has 0 aromatic heterocycles. The van der Waals surface area contributed by atoms with Crippen LogP contribution < -0.4 is 10.6 Å². The molecule has 0 fully saturated rings. The van der Waals surface area contributed by atoms with E-state index >= 15 is 0 Å². The van der Waals surface area contributed by atoms with Crippen molar-refractivity contribution in [3.05, 3.63) is 0 Å². The topological polar surface area (TPSA) is 50.4 Å². The fourth-order valence-corrected chi connectivity index (χ4v) is 0.738. The molecule has 0 aromatic carbocycles.